The van der Waals surface area contributed by atoms with Crippen LogP contribution in [-0.2, 0) is 18.9 Å². The van der Waals surface area contributed by atoms with E-state index in [9.17, 15) is 14.4 Å². The summed E-state index contributed by atoms with van der Waals surface area (Å²) in [5.74, 6) is 1.37. The van der Waals surface area contributed by atoms with Gasteiger partial charge in [-0.15, -0.1) is 0 Å². The van der Waals surface area contributed by atoms with Gasteiger partial charge in [-0.2, -0.15) is 10.2 Å². The molecule has 8 aromatic rings. The first-order valence-corrected chi connectivity index (χ1v) is 20.6. The van der Waals surface area contributed by atoms with Gasteiger partial charge in [0.15, 0.2) is 11.6 Å². The Labute approximate surface area is 380 Å². The monoisotopic (exact) mass is 887 g/mol. The molecule has 8 rings (SSSR count). The minimum absolute atomic E-state index is 0.123. The second-order valence-electron chi connectivity index (χ2n) is 15.4. The van der Waals surface area contributed by atoms with Crippen molar-refractivity contribution in [1.29, 1.82) is 0 Å². The van der Waals surface area contributed by atoms with Gasteiger partial charge < -0.3 is 36.1 Å². The molecule has 18 nitrogen and oxygen atoms in total. The molecule has 66 heavy (non-hydrogen) atoms. The lowest BCUT2D eigenvalue weighted by molar-refractivity contribution is -0.111. The second kappa shape index (κ2) is 19.9. The summed E-state index contributed by atoms with van der Waals surface area (Å²) in [6.07, 6.45) is 9.79. The molecule has 0 aliphatic rings. The third-order valence-electron chi connectivity index (χ3n) is 10.4. The van der Waals surface area contributed by atoms with E-state index in [4.69, 9.17) is 15.2 Å². The lowest BCUT2D eigenvalue weighted by Crippen LogP contribution is -2.14. The number of hydrogen-bond donors (Lipinski definition) is 4. The largest absolute Gasteiger partial charge is 0.495 e. The van der Waals surface area contributed by atoms with Crippen molar-refractivity contribution >= 4 is 73.7 Å². The van der Waals surface area contributed by atoms with Crippen molar-refractivity contribution in [2.45, 2.75) is 13.8 Å². The third-order valence-corrected chi connectivity index (χ3v) is 10.4. The van der Waals surface area contributed by atoms with Gasteiger partial charge >= 0.3 is 0 Å². The van der Waals surface area contributed by atoms with Crippen LogP contribution in [0.15, 0.2) is 110 Å². The highest BCUT2D eigenvalue weighted by molar-refractivity contribution is 6.08. The molecule has 4 heterocycles. The number of nitrogens with one attached hydrogen (secondary N) is 3. The first-order chi connectivity index (χ1) is 31.7. The summed E-state index contributed by atoms with van der Waals surface area (Å²) >= 11 is 0. The van der Waals surface area contributed by atoms with Crippen molar-refractivity contribution in [2.75, 3.05) is 56.5 Å². The summed E-state index contributed by atoms with van der Waals surface area (Å²) in [7, 11) is 10.7. The van der Waals surface area contributed by atoms with Crippen LogP contribution in [0.4, 0.5) is 34.4 Å². The molecule has 4 aromatic heterocycles. The number of nitrogen functional groups attached to an aromatic ring is 1. The van der Waals surface area contributed by atoms with Crippen LogP contribution in [0.5, 0.6) is 11.5 Å². The van der Waals surface area contributed by atoms with Crippen molar-refractivity contribution in [3.63, 3.8) is 0 Å². The number of nitrogens with zero attached hydrogens (tertiary/aromatic N) is 9. The molecule has 18 heteroatoms. The molecule has 0 bridgehead atoms. The van der Waals surface area contributed by atoms with Crippen LogP contribution in [0.1, 0.15) is 34.6 Å². The predicted octanol–water partition coefficient (Wildman–Crippen LogP) is 7.61. The van der Waals surface area contributed by atoms with Gasteiger partial charge in [-0.25, -0.2) is 19.9 Å². The van der Waals surface area contributed by atoms with E-state index in [1.54, 1.807) is 30.3 Å². The normalized spacial score (nSPS) is 11.1. The van der Waals surface area contributed by atoms with E-state index in [-0.39, 0.29) is 17.5 Å². The topological polar surface area (TPSA) is 222 Å². The summed E-state index contributed by atoms with van der Waals surface area (Å²) < 4.78 is 14.6. The van der Waals surface area contributed by atoms with Crippen LogP contribution < -0.4 is 31.2 Å². The van der Waals surface area contributed by atoms with Gasteiger partial charge in [0.25, 0.3) is 0 Å². The minimum atomic E-state index is -0.337. The molecule has 5 N–H and O–H groups in total. The number of likely N-dealkylation sites (N-methyl/N-ethyl adjacent to an activating group) is 1. The Hall–Kier alpha value is -8.51. The van der Waals surface area contributed by atoms with Crippen LogP contribution in [0.2, 0.25) is 0 Å². The number of fused-ring (bicyclic) bond motifs is 2. The number of rotatable bonds is 14. The Morgan fingerprint density at radius 1 is 0.667 bits per heavy atom. The average molecular weight is 888 g/mol. The molecule has 0 atom stereocenters. The number of ether oxygens (including phenoxy) is 2. The van der Waals surface area contributed by atoms with Crippen LogP contribution in [0.3, 0.4) is 0 Å². The van der Waals surface area contributed by atoms with Gasteiger partial charge in [0, 0.05) is 77.6 Å². The Balaban J connectivity index is 0.000000202. The number of amides is 1. The molecule has 0 aliphatic carbocycles. The van der Waals surface area contributed by atoms with Crippen LogP contribution in [-0.4, -0.2) is 96.7 Å². The molecule has 4 aromatic carbocycles. The van der Waals surface area contributed by atoms with E-state index in [2.05, 4.69) is 46.1 Å². The SMILES string of the molecule is COc1cc(C(C)=O)c(N)cc1Nc1cc(-c2ccc3c(cnn3C)c2)ncn1.COc1cc(C(C)=O)c(NC(=O)/C=C/CN(C)C)cc1Nc1cc(-c2ccc3c(cnn3C)c2)ncn1. The second-order valence-corrected chi connectivity index (χ2v) is 15.4. The molecular weight excluding hydrogens is 839 g/mol. The highest BCUT2D eigenvalue weighted by Gasteiger charge is 2.17. The van der Waals surface area contributed by atoms with E-state index >= 15 is 0 Å². The number of aromatic nitrogens is 8. The highest BCUT2D eigenvalue weighted by atomic mass is 16.5. The molecule has 1 amide bonds. The zero-order valence-electron chi connectivity index (χ0n) is 37.7. The van der Waals surface area contributed by atoms with Gasteiger partial charge in [-0.1, -0.05) is 18.2 Å². The molecule has 0 saturated carbocycles. The van der Waals surface area contributed by atoms with Gasteiger partial charge in [0.2, 0.25) is 5.91 Å². The van der Waals surface area contributed by atoms with Crippen molar-refractivity contribution in [2.24, 2.45) is 14.1 Å². The first-order valence-electron chi connectivity index (χ1n) is 20.6. The van der Waals surface area contributed by atoms with Crippen LogP contribution >= 0.6 is 0 Å². The van der Waals surface area contributed by atoms with Gasteiger partial charge in [-0.05, 0) is 76.5 Å². The van der Waals surface area contributed by atoms with E-state index in [0.717, 1.165) is 44.3 Å². The number of anilines is 6. The Bertz CT molecular complexity index is 3140. The Morgan fingerprint density at radius 3 is 1.65 bits per heavy atom. The fourth-order valence-corrected chi connectivity index (χ4v) is 7.04. The number of Topliss-reactive ketones (excluding diaryl/α,β-unsaturated/α-hetero) is 2. The predicted molar refractivity (Wildman–Crippen MR) is 257 cm³/mol. The number of nitrogens with two attached hydrogens (primary N) is 1. The summed E-state index contributed by atoms with van der Waals surface area (Å²) in [4.78, 5) is 55.9. The molecule has 0 unspecified atom stereocenters. The minimum Gasteiger partial charge on any atom is -0.495 e. The summed E-state index contributed by atoms with van der Waals surface area (Å²) in [5.41, 5.74) is 14.1. The molecular formula is C48H49N13O5. The van der Waals surface area contributed by atoms with Crippen molar-refractivity contribution in [3.05, 3.63) is 121 Å². The van der Waals surface area contributed by atoms with Gasteiger partial charge in [-0.3, -0.25) is 23.7 Å². The van der Waals surface area contributed by atoms with E-state index in [0.29, 0.717) is 63.6 Å². The maximum atomic E-state index is 12.5. The molecule has 0 saturated heterocycles. The van der Waals surface area contributed by atoms with Gasteiger partial charge in [0.05, 0.1) is 66.1 Å². The summed E-state index contributed by atoms with van der Waals surface area (Å²) in [6.45, 7) is 3.52. The standard InChI is InChI=1S/C27H29N7O3.C21H20N6O2/c1-17(35)20-12-25(37-5)23(13-22(20)32-27(36)7-6-10-33(2)3)31-26-14-21(28-16-29-26)18-8-9-24-19(11-18)15-30-34(24)4;1-12(28)15-7-20(29-3)18(8-16(15)22)26-21-9-17(23-11-24-21)13-4-5-19-14(6-13)10-25-27(19)2/h6-9,11-16H,10H2,1-5H3,(H,32,36)(H,28,29,31);4-11H,22H2,1-3H3,(H,23,24,26)/b7-6+;. The molecule has 0 radical (unpaired) electrons. The fourth-order valence-electron chi connectivity index (χ4n) is 7.04. The lowest BCUT2D eigenvalue weighted by atomic mass is 10.1. The zero-order chi connectivity index (χ0) is 47.1. The molecule has 0 fully saturated rings. The van der Waals surface area contributed by atoms with E-state index in [1.165, 1.54) is 46.8 Å². The molecule has 0 spiro atoms. The molecule has 336 valence electrons. The number of ketones is 2. The van der Waals surface area contributed by atoms with Crippen LogP contribution in [0.25, 0.3) is 44.3 Å². The van der Waals surface area contributed by atoms with E-state index < -0.39 is 0 Å². The number of benzene rings is 4. The number of hydrogen-bond acceptors (Lipinski definition) is 15. The Kier molecular flexibility index (Phi) is 13.7. The molecule has 0 aliphatic heterocycles. The third kappa shape index (κ3) is 10.5. The number of carbonyl (C=O) groups is 3. The van der Waals surface area contributed by atoms with Crippen LogP contribution in [0, 0.1) is 0 Å². The maximum Gasteiger partial charge on any atom is 0.248 e. The quantitative estimate of drug-likeness (QED) is 0.0469. The van der Waals surface area contributed by atoms with Gasteiger partial charge in [0.1, 0.15) is 35.8 Å². The lowest BCUT2D eigenvalue weighted by Gasteiger charge is -2.16. The van der Waals surface area contributed by atoms with Crippen molar-refractivity contribution < 1.29 is 23.9 Å². The smallest absolute Gasteiger partial charge is 0.248 e. The number of aryl methyl sites for hydroxylation is 2. The zero-order valence-corrected chi connectivity index (χ0v) is 37.7. The van der Waals surface area contributed by atoms with E-state index in [1.807, 2.05) is 103 Å². The van der Waals surface area contributed by atoms with Crippen molar-refractivity contribution in [3.8, 4) is 34.0 Å². The maximum absolute atomic E-state index is 12.5. The first kappa shape index (κ1) is 45.5. The Morgan fingerprint density at radius 2 is 1.17 bits per heavy atom. The average Bonchev–Trinajstić information content (AvgIpc) is 3.86. The van der Waals surface area contributed by atoms with Crippen molar-refractivity contribution in [1.82, 2.24) is 44.4 Å². The summed E-state index contributed by atoms with van der Waals surface area (Å²) in [5, 5.41) is 19.8. The number of carbonyl (C=O) groups excluding carboxylic acids is 3. The number of methoxy groups -OCH3 is 2. The fraction of sp³-hybridized carbons (Fsp3) is 0.188. The highest BCUT2D eigenvalue weighted by Crippen LogP contribution is 2.36. The summed E-state index contributed by atoms with van der Waals surface area (Å²) in [6, 6.07) is 22.3.